The Morgan fingerprint density at radius 3 is 2.53 bits per heavy atom. The van der Waals surface area contributed by atoms with Crippen LogP contribution in [0.5, 0.6) is 0 Å². The number of rotatable bonds is 2. The van der Waals surface area contributed by atoms with Gasteiger partial charge in [-0.3, -0.25) is 0 Å². The number of benzene rings is 1. The van der Waals surface area contributed by atoms with E-state index in [4.69, 9.17) is 17.3 Å². The van der Waals surface area contributed by atoms with Crippen molar-refractivity contribution in [2.75, 3.05) is 0 Å². The first kappa shape index (κ1) is 13.1. The van der Waals surface area contributed by atoms with Crippen LogP contribution in [0.15, 0.2) is 28.7 Å². The fraction of sp³-hybridized carbons (Fsp3) is 0.231. The normalized spacial score (nSPS) is 12.8. The van der Waals surface area contributed by atoms with Crippen molar-refractivity contribution >= 4 is 38.9 Å². The van der Waals surface area contributed by atoms with E-state index in [1.807, 2.05) is 12.1 Å². The summed E-state index contributed by atoms with van der Waals surface area (Å²) >= 11 is 11.0. The molecule has 0 saturated carbocycles. The van der Waals surface area contributed by atoms with Crippen molar-refractivity contribution < 1.29 is 0 Å². The van der Waals surface area contributed by atoms with E-state index < -0.39 is 0 Å². The molecule has 0 aliphatic heterocycles. The van der Waals surface area contributed by atoms with Gasteiger partial charge in [-0.05, 0) is 48.7 Å². The molecule has 1 atom stereocenters. The maximum atomic E-state index is 6.29. The van der Waals surface area contributed by atoms with Gasteiger partial charge < -0.3 is 5.73 Å². The Morgan fingerprint density at radius 2 is 1.94 bits per heavy atom. The van der Waals surface area contributed by atoms with Crippen LogP contribution >= 0.6 is 38.9 Å². The summed E-state index contributed by atoms with van der Waals surface area (Å²) in [7, 11) is 0. The quantitative estimate of drug-likeness (QED) is 0.838. The van der Waals surface area contributed by atoms with Crippen LogP contribution < -0.4 is 5.73 Å². The van der Waals surface area contributed by atoms with Crippen molar-refractivity contribution in [1.82, 2.24) is 0 Å². The fourth-order valence-corrected chi connectivity index (χ4v) is 3.33. The molecule has 1 heterocycles. The summed E-state index contributed by atoms with van der Waals surface area (Å²) < 4.78 is 1.90. The second-order valence-corrected chi connectivity index (χ2v) is 6.68. The molecule has 0 fully saturated rings. The van der Waals surface area contributed by atoms with Gasteiger partial charge in [-0.25, -0.2) is 0 Å². The maximum absolute atomic E-state index is 6.29. The number of hydrogen-bond acceptors (Lipinski definition) is 2. The van der Waals surface area contributed by atoms with Gasteiger partial charge in [0.1, 0.15) is 0 Å². The van der Waals surface area contributed by atoms with Crippen molar-refractivity contribution in [3.63, 3.8) is 0 Å². The molecule has 90 valence electrons. The predicted octanol–water partition coefficient (Wildman–Crippen LogP) is 4.83. The van der Waals surface area contributed by atoms with Crippen LogP contribution in [-0.4, -0.2) is 0 Å². The van der Waals surface area contributed by atoms with E-state index in [0.717, 1.165) is 19.2 Å². The molecular weight excluding hydrogens is 318 g/mol. The minimum absolute atomic E-state index is 0.0979. The van der Waals surface area contributed by atoms with Crippen molar-refractivity contribution in [1.29, 1.82) is 0 Å². The van der Waals surface area contributed by atoms with E-state index >= 15 is 0 Å². The first-order chi connectivity index (χ1) is 7.99. The fourth-order valence-electron chi connectivity index (χ4n) is 1.79. The average molecular weight is 331 g/mol. The minimum Gasteiger partial charge on any atom is -0.320 e. The zero-order valence-corrected chi connectivity index (χ0v) is 12.8. The topological polar surface area (TPSA) is 26.0 Å². The minimum atomic E-state index is -0.0979. The Labute approximate surface area is 119 Å². The lowest BCUT2D eigenvalue weighted by Gasteiger charge is -2.15. The molecule has 0 aliphatic carbocycles. The van der Waals surface area contributed by atoms with Crippen LogP contribution in [0.25, 0.3) is 0 Å². The lowest BCUT2D eigenvalue weighted by molar-refractivity contribution is 0.879. The molecule has 0 radical (unpaired) electrons. The highest BCUT2D eigenvalue weighted by molar-refractivity contribution is 9.10. The molecule has 17 heavy (non-hydrogen) atoms. The molecule has 0 spiro atoms. The first-order valence-electron chi connectivity index (χ1n) is 5.26. The smallest absolute Gasteiger partial charge is 0.0931 e. The summed E-state index contributed by atoms with van der Waals surface area (Å²) in [5.74, 6) is 0. The van der Waals surface area contributed by atoms with Crippen LogP contribution in [0, 0.1) is 13.8 Å². The molecule has 1 nitrogen and oxygen atoms in total. The Balaban J connectivity index is 2.43. The molecule has 4 heteroatoms. The highest BCUT2D eigenvalue weighted by Crippen LogP contribution is 2.32. The number of hydrogen-bond donors (Lipinski definition) is 1. The molecule has 1 aromatic carbocycles. The SMILES string of the molecule is Cc1cc(C(N)c2ccc(Cl)s2)c(C)cc1Br. The third-order valence-electron chi connectivity index (χ3n) is 2.78. The van der Waals surface area contributed by atoms with Gasteiger partial charge in [0.05, 0.1) is 10.4 Å². The summed E-state index contributed by atoms with van der Waals surface area (Å²) in [6.07, 6.45) is 0. The van der Waals surface area contributed by atoms with Crippen molar-refractivity contribution in [2.45, 2.75) is 19.9 Å². The summed E-state index contributed by atoms with van der Waals surface area (Å²) in [6.45, 7) is 4.15. The first-order valence-corrected chi connectivity index (χ1v) is 7.25. The lowest BCUT2D eigenvalue weighted by atomic mass is 9.98. The maximum Gasteiger partial charge on any atom is 0.0931 e. The number of aryl methyl sites for hydroxylation is 2. The van der Waals surface area contributed by atoms with Crippen LogP contribution in [0.2, 0.25) is 4.34 Å². The molecule has 1 unspecified atom stereocenters. The zero-order valence-electron chi connectivity index (χ0n) is 9.63. The molecule has 0 saturated heterocycles. The van der Waals surface area contributed by atoms with Crippen LogP contribution in [0.3, 0.4) is 0 Å². The summed E-state index contributed by atoms with van der Waals surface area (Å²) in [5, 5.41) is 0. The van der Waals surface area contributed by atoms with E-state index in [1.165, 1.54) is 22.5 Å². The highest BCUT2D eigenvalue weighted by atomic mass is 79.9. The largest absolute Gasteiger partial charge is 0.320 e. The Hall–Kier alpha value is -0.350. The lowest BCUT2D eigenvalue weighted by Crippen LogP contribution is -2.12. The summed E-state index contributed by atoms with van der Waals surface area (Å²) in [5.41, 5.74) is 9.83. The number of nitrogens with two attached hydrogens (primary N) is 1. The van der Waals surface area contributed by atoms with Crippen molar-refractivity contribution in [2.24, 2.45) is 5.73 Å². The number of thiophene rings is 1. The van der Waals surface area contributed by atoms with Crippen LogP contribution in [0.4, 0.5) is 0 Å². The molecule has 2 rings (SSSR count). The second kappa shape index (κ2) is 5.11. The van der Waals surface area contributed by atoms with Crippen molar-refractivity contribution in [3.8, 4) is 0 Å². The summed E-state index contributed by atoms with van der Waals surface area (Å²) in [6, 6.07) is 8.04. The van der Waals surface area contributed by atoms with Gasteiger partial charge in [0.2, 0.25) is 0 Å². The van der Waals surface area contributed by atoms with Crippen molar-refractivity contribution in [3.05, 3.63) is 54.6 Å². The third-order valence-corrected chi connectivity index (χ3v) is 4.95. The predicted molar refractivity (Wildman–Crippen MR) is 79.0 cm³/mol. The van der Waals surface area contributed by atoms with E-state index in [-0.39, 0.29) is 6.04 Å². The van der Waals surface area contributed by atoms with Gasteiger partial charge in [-0.1, -0.05) is 33.6 Å². The van der Waals surface area contributed by atoms with E-state index in [0.29, 0.717) is 0 Å². The monoisotopic (exact) mass is 329 g/mol. The standard InChI is InChI=1S/C13H13BrClNS/c1-7-6-10(14)8(2)5-9(7)13(16)11-3-4-12(15)17-11/h3-6,13H,16H2,1-2H3. The van der Waals surface area contributed by atoms with E-state index in [2.05, 4.69) is 41.9 Å². The molecule has 1 aromatic heterocycles. The van der Waals surface area contributed by atoms with Gasteiger partial charge in [0.15, 0.2) is 0 Å². The van der Waals surface area contributed by atoms with Gasteiger partial charge in [0.25, 0.3) is 0 Å². The highest BCUT2D eigenvalue weighted by Gasteiger charge is 2.14. The van der Waals surface area contributed by atoms with E-state index in [9.17, 15) is 0 Å². The van der Waals surface area contributed by atoms with E-state index in [1.54, 1.807) is 0 Å². The van der Waals surface area contributed by atoms with Gasteiger partial charge in [-0.15, -0.1) is 11.3 Å². The average Bonchev–Trinajstić information content (AvgIpc) is 2.69. The van der Waals surface area contributed by atoms with Gasteiger partial charge >= 0.3 is 0 Å². The Morgan fingerprint density at radius 1 is 1.24 bits per heavy atom. The third kappa shape index (κ3) is 2.74. The molecule has 0 amide bonds. The molecule has 0 bridgehead atoms. The van der Waals surface area contributed by atoms with Gasteiger partial charge in [-0.2, -0.15) is 0 Å². The second-order valence-electron chi connectivity index (χ2n) is 4.08. The Kier molecular flexibility index (Phi) is 3.93. The van der Waals surface area contributed by atoms with Crippen LogP contribution in [0.1, 0.15) is 27.6 Å². The zero-order chi connectivity index (χ0) is 12.6. The van der Waals surface area contributed by atoms with Gasteiger partial charge in [0, 0.05) is 9.35 Å². The molecule has 2 aromatic rings. The molecular formula is C13H13BrClNS. The molecule has 0 aliphatic rings. The Bertz CT molecular complexity index is 550. The van der Waals surface area contributed by atoms with Crippen LogP contribution in [-0.2, 0) is 0 Å². The number of halogens is 2. The summed E-state index contributed by atoms with van der Waals surface area (Å²) in [4.78, 5) is 1.10. The molecule has 2 N–H and O–H groups in total.